The molecular formula is C16H16N2O3S. The van der Waals surface area contributed by atoms with Crippen molar-refractivity contribution in [3.05, 3.63) is 46.0 Å². The molecule has 0 bridgehead atoms. The van der Waals surface area contributed by atoms with Gasteiger partial charge in [0.25, 0.3) is 0 Å². The van der Waals surface area contributed by atoms with E-state index in [0.29, 0.717) is 10.6 Å². The van der Waals surface area contributed by atoms with Crippen LogP contribution in [-0.2, 0) is 14.3 Å². The van der Waals surface area contributed by atoms with Gasteiger partial charge in [-0.1, -0.05) is 24.3 Å². The highest BCUT2D eigenvalue weighted by atomic mass is 32.2. The normalized spacial score (nSPS) is 21.1. The average Bonchev–Trinajstić information content (AvgIpc) is 2.53. The van der Waals surface area contributed by atoms with E-state index in [1.807, 2.05) is 31.2 Å². The van der Waals surface area contributed by atoms with Gasteiger partial charge in [0.2, 0.25) is 5.91 Å². The van der Waals surface area contributed by atoms with Crippen molar-refractivity contribution >= 4 is 23.6 Å². The van der Waals surface area contributed by atoms with Crippen molar-refractivity contribution in [2.45, 2.75) is 12.8 Å². The van der Waals surface area contributed by atoms with Gasteiger partial charge in [-0.2, -0.15) is 5.26 Å². The fraction of sp³-hybridized carbons (Fsp3) is 0.312. The molecule has 0 saturated heterocycles. The molecule has 1 amide bonds. The van der Waals surface area contributed by atoms with Crippen LogP contribution < -0.4 is 5.32 Å². The third-order valence-electron chi connectivity index (χ3n) is 3.71. The Kier molecular flexibility index (Phi) is 4.88. The van der Waals surface area contributed by atoms with Gasteiger partial charge >= 0.3 is 5.97 Å². The maximum absolute atomic E-state index is 12.4. The summed E-state index contributed by atoms with van der Waals surface area (Å²) < 4.78 is 4.77. The third kappa shape index (κ3) is 2.72. The van der Waals surface area contributed by atoms with Crippen LogP contribution in [0.15, 0.2) is 34.9 Å². The number of hydrogen-bond donors (Lipinski definition) is 1. The van der Waals surface area contributed by atoms with Crippen LogP contribution in [0.2, 0.25) is 0 Å². The summed E-state index contributed by atoms with van der Waals surface area (Å²) in [6.45, 7) is 1.89. The lowest BCUT2D eigenvalue weighted by molar-refractivity contribution is -0.150. The van der Waals surface area contributed by atoms with Gasteiger partial charge in [-0.05, 0) is 24.3 Å². The fourth-order valence-corrected chi connectivity index (χ4v) is 3.23. The summed E-state index contributed by atoms with van der Waals surface area (Å²) in [4.78, 5) is 24.5. The number of hydrogen-bond acceptors (Lipinski definition) is 5. The maximum Gasteiger partial charge on any atom is 0.319 e. The van der Waals surface area contributed by atoms with Gasteiger partial charge in [-0.25, -0.2) is 0 Å². The van der Waals surface area contributed by atoms with E-state index in [0.717, 1.165) is 11.1 Å². The first-order valence-corrected chi connectivity index (χ1v) is 7.90. The number of rotatable bonds is 3. The Morgan fingerprint density at radius 2 is 2.09 bits per heavy atom. The van der Waals surface area contributed by atoms with Crippen LogP contribution in [0.5, 0.6) is 0 Å². The van der Waals surface area contributed by atoms with Gasteiger partial charge in [0, 0.05) is 5.92 Å². The molecular weight excluding hydrogens is 300 g/mol. The number of methoxy groups -OCH3 is 1. The lowest BCUT2D eigenvalue weighted by Gasteiger charge is -2.31. The highest BCUT2D eigenvalue weighted by Crippen LogP contribution is 2.40. The summed E-state index contributed by atoms with van der Waals surface area (Å²) in [5.74, 6) is -2.77. The topological polar surface area (TPSA) is 79.2 Å². The third-order valence-corrected chi connectivity index (χ3v) is 4.44. The van der Waals surface area contributed by atoms with E-state index < -0.39 is 23.7 Å². The maximum atomic E-state index is 12.4. The molecule has 0 spiro atoms. The standard InChI is InChI=1S/C16H16N2O3S/c1-9-6-4-5-7-10(9)12-11(8-17)15(22-3)18-14(19)13(12)16(20)21-2/h4-7,12-13H,1-3H3,(H,18,19)/t12-,13-/m1/s1. The van der Waals surface area contributed by atoms with Crippen molar-refractivity contribution in [1.29, 1.82) is 5.26 Å². The second-order valence-electron chi connectivity index (χ2n) is 4.88. The van der Waals surface area contributed by atoms with Crippen molar-refractivity contribution < 1.29 is 14.3 Å². The summed E-state index contributed by atoms with van der Waals surface area (Å²) in [5, 5.41) is 12.7. The van der Waals surface area contributed by atoms with Crippen LogP contribution in [-0.4, -0.2) is 25.2 Å². The van der Waals surface area contributed by atoms with Crippen LogP contribution >= 0.6 is 11.8 Å². The molecule has 0 unspecified atom stereocenters. The van der Waals surface area contributed by atoms with Gasteiger partial charge in [-0.3, -0.25) is 9.59 Å². The zero-order valence-corrected chi connectivity index (χ0v) is 13.4. The molecule has 0 aliphatic carbocycles. The Balaban J connectivity index is 2.69. The Morgan fingerprint density at radius 1 is 1.41 bits per heavy atom. The van der Waals surface area contributed by atoms with Gasteiger partial charge in [-0.15, -0.1) is 11.8 Å². The second-order valence-corrected chi connectivity index (χ2v) is 5.70. The molecule has 1 aromatic carbocycles. The lowest BCUT2D eigenvalue weighted by Crippen LogP contribution is -2.44. The quantitative estimate of drug-likeness (QED) is 0.682. The molecule has 0 aromatic heterocycles. The molecule has 1 aliphatic rings. The summed E-state index contributed by atoms with van der Waals surface area (Å²) in [5.41, 5.74) is 2.09. The largest absolute Gasteiger partial charge is 0.468 e. The molecule has 1 N–H and O–H groups in total. The molecule has 1 aromatic rings. The average molecular weight is 316 g/mol. The van der Waals surface area contributed by atoms with E-state index in [2.05, 4.69) is 11.4 Å². The van der Waals surface area contributed by atoms with Crippen molar-refractivity contribution in [2.75, 3.05) is 13.4 Å². The Hall–Kier alpha value is -2.26. The number of ether oxygens (including phenoxy) is 1. The molecule has 0 radical (unpaired) electrons. The van der Waals surface area contributed by atoms with Crippen LogP contribution in [0.4, 0.5) is 0 Å². The zero-order valence-electron chi connectivity index (χ0n) is 12.5. The minimum Gasteiger partial charge on any atom is -0.468 e. The zero-order chi connectivity index (χ0) is 16.3. The number of amides is 1. The number of benzene rings is 1. The summed E-state index contributed by atoms with van der Waals surface area (Å²) >= 11 is 1.28. The van der Waals surface area contributed by atoms with E-state index in [1.165, 1.54) is 18.9 Å². The number of carbonyl (C=O) groups is 2. The first-order chi connectivity index (χ1) is 10.5. The van der Waals surface area contributed by atoms with E-state index in [1.54, 1.807) is 6.26 Å². The summed E-state index contributed by atoms with van der Waals surface area (Å²) in [7, 11) is 1.24. The van der Waals surface area contributed by atoms with Crippen LogP contribution in [0.3, 0.4) is 0 Å². The predicted molar refractivity (Wildman–Crippen MR) is 83.7 cm³/mol. The number of nitrogens with zero attached hydrogens (tertiary/aromatic N) is 1. The summed E-state index contributed by atoms with van der Waals surface area (Å²) in [6, 6.07) is 9.58. The number of esters is 1. The van der Waals surface area contributed by atoms with Crippen LogP contribution in [0.1, 0.15) is 17.0 Å². The first-order valence-electron chi connectivity index (χ1n) is 6.67. The Morgan fingerprint density at radius 3 is 2.64 bits per heavy atom. The predicted octanol–water partition coefficient (Wildman–Crippen LogP) is 2.10. The molecule has 1 heterocycles. The van der Waals surface area contributed by atoms with Crippen LogP contribution in [0, 0.1) is 24.2 Å². The number of allylic oxidation sites excluding steroid dienone is 1. The van der Waals surface area contributed by atoms with Crippen molar-refractivity contribution in [1.82, 2.24) is 5.32 Å². The SMILES string of the molecule is COC(=O)[C@H]1C(=O)NC(SC)=C(C#N)[C@H]1c1ccccc1C. The second kappa shape index (κ2) is 6.67. The molecule has 1 aliphatic heterocycles. The molecule has 2 rings (SSSR count). The van der Waals surface area contributed by atoms with E-state index in [9.17, 15) is 14.9 Å². The number of carbonyl (C=O) groups excluding carboxylic acids is 2. The first kappa shape index (κ1) is 16.1. The Bertz CT molecular complexity index is 691. The minimum absolute atomic E-state index is 0.386. The monoisotopic (exact) mass is 316 g/mol. The van der Waals surface area contributed by atoms with Crippen molar-refractivity contribution in [3.8, 4) is 6.07 Å². The van der Waals surface area contributed by atoms with Gasteiger partial charge < -0.3 is 10.1 Å². The molecule has 0 saturated carbocycles. The lowest BCUT2D eigenvalue weighted by atomic mass is 9.77. The van der Waals surface area contributed by atoms with E-state index in [-0.39, 0.29) is 0 Å². The molecule has 5 nitrogen and oxygen atoms in total. The molecule has 2 atom stereocenters. The number of aryl methyl sites for hydroxylation is 1. The van der Waals surface area contributed by atoms with E-state index >= 15 is 0 Å². The number of thioether (sulfide) groups is 1. The molecule has 114 valence electrons. The smallest absolute Gasteiger partial charge is 0.319 e. The fourth-order valence-electron chi connectivity index (χ4n) is 2.64. The van der Waals surface area contributed by atoms with Gasteiger partial charge in [0.15, 0.2) is 0 Å². The Labute approximate surface area is 133 Å². The van der Waals surface area contributed by atoms with Crippen molar-refractivity contribution in [2.24, 2.45) is 5.92 Å². The highest BCUT2D eigenvalue weighted by Gasteiger charge is 2.44. The van der Waals surface area contributed by atoms with Crippen LogP contribution in [0.25, 0.3) is 0 Å². The van der Waals surface area contributed by atoms with E-state index in [4.69, 9.17) is 4.74 Å². The number of nitrogens with one attached hydrogen (secondary N) is 1. The van der Waals surface area contributed by atoms with Gasteiger partial charge in [0.1, 0.15) is 5.92 Å². The molecule has 22 heavy (non-hydrogen) atoms. The summed E-state index contributed by atoms with van der Waals surface area (Å²) in [6.07, 6.45) is 1.78. The molecule has 0 fully saturated rings. The molecule has 6 heteroatoms. The number of nitriles is 1. The van der Waals surface area contributed by atoms with Crippen molar-refractivity contribution in [3.63, 3.8) is 0 Å². The van der Waals surface area contributed by atoms with Gasteiger partial charge in [0.05, 0.1) is 23.8 Å². The highest BCUT2D eigenvalue weighted by molar-refractivity contribution is 8.02. The minimum atomic E-state index is -1.06.